The van der Waals surface area contributed by atoms with Crippen molar-refractivity contribution in [3.8, 4) is 0 Å². The summed E-state index contributed by atoms with van der Waals surface area (Å²) < 4.78 is 27.5. The Bertz CT molecular complexity index is 724. The van der Waals surface area contributed by atoms with Crippen LogP contribution in [0.25, 0.3) is 11.2 Å². The van der Waals surface area contributed by atoms with Crippen LogP contribution in [-0.2, 0) is 18.3 Å². The second kappa shape index (κ2) is 8.02. The van der Waals surface area contributed by atoms with Gasteiger partial charge in [0.2, 0.25) is 0 Å². The molecule has 0 aliphatic carbocycles. The van der Waals surface area contributed by atoms with Crippen LogP contribution in [0, 0.1) is 0 Å². The van der Waals surface area contributed by atoms with Crippen LogP contribution in [0.4, 0.5) is 5.69 Å². The Kier molecular flexibility index (Phi) is 6.27. The molecule has 0 fully saturated rings. The van der Waals surface area contributed by atoms with Crippen LogP contribution < -0.4 is 5.73 Å². The number of aliphatic hydroxyl groups excluding tert-OH is 1. The van der Waals surface area contributed by atoms with E-state index < -0.39 is 20.0 Å². The Balaban J connectivity index is 2.15. The lowest BCUT2D eigenvalue weighted by atomic mass is 10.1. The highest BCUT2D eigenvalue weighted by Gasteiger charge is 2.25. The first-order valence-electron chi connectivity index (χ1n) is 7.15. The van der Waals surface area contributed by atoms with E-state index in [0.29, 0.717) is 23.3 Å². The molecule has 2 heterocycles. The van der Waals surface area contributed by atoms with E-state index in [-0.39, 0.29) is 13.2 Å². The zero-order chi connectivity index (χ0) is 17.7. The summed E-state index contributed by atoms with van der Waals surface area (Å²) in [4.78, 5) is 17.7. The second-order valence-corrected chi connectivity index (χ2v) is 6.66. The number of fused-ring (bicyclic) bond motifs is 1. The molecule has 0 amide bonds. The van der Waals surface area contributed by atoms with E-state index in [1.165, 1.54) is 13.4 Å². The van der Waals surface area contributed by atoms with E-state index in [1.54, 1.807) is 16.8 Å². The van der Waals surface area contributed by atoms with E-state index in [0.717, 1.165) is 7.11 Å². The highest BCUT2D eigenvalue weighted by Crippen LogP contribution is 2.42. The lowest BCUT2D eigenvalue weighted by molar-refractivity contribution is 0.0229. The van der Waals surface area contributed by atoms with Gasteiger partial charge < -0.3 is 25.0 Å². The SMILES string of the molecule is CO[C@H](COP(=O)(O)OC)C[C@H](CO)n1cnc2c(N)ccnc21. The average molecular weight is 360 g/mol. The third-order valence-electron chi connectivity index (χ3n) is 3.62. The zero-order valence-corrected chi connectivity index (χ0v) is 14.3. The number of rotatable bonds is 9. The van der Waals surface area contributed by atoms with Crippen molar-refractivity contribution >= 4 is 24.7 Å². The van der Waals surface area contributed by atoms with Crippen molar-refractivity contribution in [3.05, 3.63) is 18.6 Å². The summed E-state index contributed by atoms with van der Waals surface area (Å²) in [5.74, 6) is 0. The summed E-state index contributed by atoms with van der Waals surface area (Å²) in [5, 5.41) is 9.71. The summed E-state index contributed by atoms with van der Waals surface area (Å²) in [6.07, 6.45) is 2.85. The Labute approximate surface area is 138 Å². The van der Waals surface area contributed by atoms with E-state index in [9.17, 15) is 14.6 Å². The molecule has 0 bridgehead atoms. The number of phosphoric ester groups is 1. The van der Waals surface area contributed by atoms with Gasteiger partial charge in [0.25, 0.3) is 0 Å². The minimum atomic E-state index is -4.09. The summed E-state index contributed by atoms with van der Waals surface area (Å²) in [6.45, 7) is -0.375. The van der Waals surface area contributed by atoms with Gasteiger partial charge in [0.05, 0.1) is 37.4 Å². The number of nitrogens with zero attached hydrogens (tertiary/aromatic N) is 3. The molecule has 0 saturated carbocycles. The molecular formula is C13H21N4O6P. The molecule has 2 aromatic heterocycles. The molecule has 4 N–H and O–H groups in total. The highest BCUT2D eigenvalue weighted by atomic mass is 31.2. The number of anilines is 1. The third kappa shape index (κ3) is 4.29. The van der Waals surface area contributed by atoms with Crippen molar-refractivity contribution in [2.45, 2.75) is 18.6 Å². The minimum Gasteiger partial charge on any atom is -0.397 e. The number of ether oxygens (including phenoxy) is 1. The van der Waals surface area contributed by atoms with Gasteiger partial charge in [0, 0.05) is 20.4 Å². The molecule has 0 radical (unpaired) electrons. The number of hydrogen-bond donors (Lipinski definition) is 3. The van der Waals surface area contributed by atoms with Crippen LogP contribution in [0.1, 0.15) is 12.5 Å². The summed E-state index contributed by atoms with van der Waals surface area (Å²) in [6, 6.07) is 1.22. The lowest BCUT2D eigenvalue weighted by Gasteiger charge is -2.23. The fraction of sp³-hybridized carbons (Fsp3) is 0.538. The molecule has 0 aliphatic rings. The number of methoxy groups -OCH3 is 1. The van der Waals surface area contributed by atoms with E-state index >= 15 is 0 Å². The number of nitrogen functional groups attached to an aromatic ring is 1. The van der Waals surface area contributed by atoms with Gasteiger partial charge >= 0.3 is 7.82 Å². The van der Waals surface area contributed by atoms with Crippen LogP contribution in [0.15, 0.2) is 18.6 Å². The van der Waals surface area contributed by atoms with Crippen molar-refractivity contribution in [1.82, 2.24) is 14.5 Å². The van der Waals surface area contributed by atoms with Gasteiger partial charge in [-0.3, -0.25) is 9.05 Å². The molecular weight excluding hydrogens is 339 g/mol. The van der Waals surface area contributed by atoms with Crippen molar-refractivity contribution in [2.75, 3.05) is 33.2 Å². The predicted octanol–water partition coefficient (Wildman–Crippen LogP) is 0.715. The number of aliphatic hydroxyl groups is 1. The van der Waals surface area contributed by atoms with Crippen molar-refractivity contribution in [3.63, 3.8) is 0 Å². The molecule has 2 aromatic rings. The van der Waals surface area contributed by atoms with Gasteiger partial charge in [0.1, 0.15) is 5.52 Å². The van der Waals surface area contributed by atoms with E-state index in [1.807, 2.05) is 0 Å². The van der Waals surface area contributed by atoms with Gasteiger partial charge in [0.15, 0.2) is 5.65 Å². The van der Waals surface area contributed by atoms with Crippen molar-refractivity contribution in [1.29, 1.82) is 0 Å². The maximum absolute atomic E-state index is 11.4. The molecule has 3 atom stereocenters. The molecule has 1 unspecified atom stereocenters. The standard InChI is InChI=1S/C13H21N4O6P/c1-21-10(7-23-24(19,20)22-2)5-9(6-18)17-8-16-12-11(14)3-4-15-13(12)17/h3-4,8-10,18H,5-7H2,1-2H3,(H2,14,15)(H,19,20)/t9-,10+/m1/s1. The molecule has 24 heavy (non-hydrogen) atoms. The molecule has 0 spiro atoms. The van der Waals surface area contributed by atoms with Crippen LogP contribution in [0.2, 0.25) is 0 Å². The van der Waals surface area contributed by atoms with Crippen LogP contribution in [0.5, 0.6) is 0 Å². The lowest BCUT2D eigenvalue weighted by Crippen LogP contribution is -2.25. The first-order chi connectivity index (χ1) is 11.4. The number of imidazole rings is 1. The number of nitrogens with two attached hydrogens (primary N) is 1. The van der Waals surface area contributed by atoms with Gasteiger partial charge in [-0.2, -0.15) is 0 Å². The Morgan fingerprint density at radius 1 is 1.42 bits per heavy atom. The first-order valence-corrected chi connectivity index (χ1v) is 8.65. The first kappa shape index (κ1) is 18.8. The maximum Gasteiger partial charge on any atom is 0.472 e. The van der Waals surface area contributed by atoms with Gasteiger partial charge in [-0.05, 0) is 12.5 Å². The highest BCUT2D eigenvalue weighted by molar-refractivity contribution is 7.47. The molecule has 0 aliphatic heterocycles. The zero-order valence-electron chi connectivity index (χ0n) is 13.4. The topological polar surface area (TPSA) is 142 Å². The molecule has 134 valence electrons. The predicted molar refractivity (Wildman–Crippen MR) is 86.3 cm³/mol. The Morgan fingerprint density at radius 3 is 2.79 bits per heavy atom. The number of pyridine rings is 1. The van der Waals surface area contributed by atoms with Crippen LogP contribution in [0.3, 0.4) is 0 Å². The van der Waals surface area contributed by atoms with E-state index in [2.05, 4.69) is 14.5 Å². The van der Waals surface area contributed by atoms with E-state index in [4.69, 9.17) is 15.0 Å². The van der Waals surface area contributed by atoms with Crippen LogP contribution in [-0.4, -0.2) is 58.1 Å². The van der Waals surface area contributed by atoms with Gasteiger partial charge in [-0.1, -0.05) is 0 Å². The molecule has 0 saturated heterocycles. The van der Waals surface area contributed by atoms with Crippen molar-refractivity contribution < 1.29 is 28.3 Å². The Morgan fingerprint density at radius 2 is 2.17 bits per heavy atom. The number of phosphoric acid groups is 1. The third-order valence-corrected chi connectivity index (χ3v) is 4.56. The van der Waals surface area contributed by atoms with Gasteiger partial charge in [-0.25, -0.2) is 14.5 Å². The van der Waals surface area contributed by atoms with Gasteiger partial charge in [-0.15, -0.1) is 0 Å². The average Bonchev–Trinajstić information content (AvgIpc) is 3.01. The largest absolute Gasteiger partial charge is 0.472 e. The van der Waals surface area contributed by atoms with Crippen LogP contribution >= 0.6 is 7.82 Å². The smallest absolute Gasteiger partial charge is 0.397 e. The molecule has 0 aromatic carbocycles. The summed E-state index contributed by atoms with van der Waals surface area (Å²) in [5.41, 5.74) is 7.42. The number of hydrogen-bond acceptors (Lipinski definition) is 8. The quantitative estimate of drug-likeness (QED) is 0.551. The normalized spacial score (nSPS) is 16.8. The monoisotopic (exact) mass is 360 g/mol. The molecule has 2 rings (SSSR count). The number of aromatic nitrogens is 3. The summed E-state index contributed by atoms with van der Waals surface area (Å²) >= 11 is 0. The Hall–Kier alpha value is -1.55. The second-order valence-electron chi connectivity index (χ2n) is 5.10. The molecule has 11 heteroatoms. The fourth-order valence-corrected chi connectivity index (χ4v) is 2.72. The summed E-state index contributed by atoms with van der Waals surface area (Å²) in [7, 11) is -1.57. The maximum atomic E-state index is 11.4. The molecule has 10 nitrogen and oxygen atoms in total. The minimum absolute atomic E-state index is 0.170. The fourth-order valence-electron chi connectivity index (χ4n) is 2.26. The van der Waals surface area contributed by atoms with Crippen molar-refractivity contribution in [2.24, 2.45) is 0 Å².